The highest BCUT2D eigenvalue weighted by Crippen LogP contribution is 2.19. The molecule has 3 nitrogen and oxygen atoms in total. The maximum Gasteiger partial charge on any atom is 0.264 e. The van der Waals surface area contributed by atoms with Crippen LogP contribution < -0.4 is 0 Å². The third kappa shape index (κ3) is 2.87. The van der Waals surface area contributed by atoms with Gasteiger partial charge in [-0.1, -0.05) is 13.8 Å². The summed E-state index contributed by atoms with van der Waals surface area (Å²) < 4.78 is 0. The summed E-state index contributed by atoms with van der Waals surface area (Å²) in [5, 5.41) is 0. The van der Waals surface area contributed by atoms with Gasteiger partial charge in [0, 0.05) is 31.1 Å². The Labute approximate surface area is 107 Å². The van der Waals surface area contributed by atoms with Crippen molar-refractivity contribution < 1.29 is 4.79 Å². The highest BCUT2D eigenvalue weighted by atomic mass is 32.1. The van der Waals surface area contributed by atoms with E-state index in [2.05, 4.69) is 24.8 Å². The number of rotatable bonds is 3. The fourth-order valence-corrected chi connectivity index (χ4v) is 3.02. The molecular weight excluding hydrogens is 232 g/mol. The number of aryl methyl sites for hydroxylation is 1. The van der Waals surface area contributed by atoms with Crippen molar-refractivity contribution in [3.8, 4) is 0 Å². The van der Waals surface area contributed by atoms with E-state index >= 15 is 0 Å². The van der Waals surface area contributed by atoms with Gasteiger partial charge in [-0.05, 0) is 25.1 Å². The number of hydrogen-bond acceptors (Lipinski definition) is 3. The molecule has 2 rings (SSSR count). The minimum Gasteiger partial charge on any atom is -0.335 e. The van der Waals surface area contributed by atoms with Crippen LogP contribution in [0.3, 0.4) is 0 Å². The summed E-state index contributed by atoms with van der Waals surface area (Å²) in [5.74, 6) is 0.213. The molecule has 0 unspecified atom stereocenters. The van der Waals surface area contributed by atoms with Crippen molar-refractivity contribution in [2.45, 2.75) is 20.3 Å². The lowest BCUT2D eigenvalue weighted by atomic mass is 10.3. The average Bonchev–Trinajstić information content (AvgIpc) is 2.87. The Kier molecular flexibility index (Phi) is 4.18. The molecular formula is C13H20N2OS. The molecule has 0 radical (unpaired) electrons. The predicted molar refractivity (Wildman–Crippen MR) is 71.7 cm³/mol. The molecule has 0 N–H and O–H groups in total. The quantitative estimate of drug-likeness (QED) is 0.822. The number of carbonyl (C=O) groups is 1. The molecule has 0 saturated carbocycles. The summed E-state index contributed by atoms with van der Waals surface area (Å²) in [4.78, 5) is 18.8. The predicted octanol–water partition coefficient (Wildman–Crippen LogP) is 2.09. The molecule has 1 aliphatic heterocycles. The molecule has 0 aliphatic carbocycles. The fourth-order valence-electron chi connectivity index (χ4n) is 2.11. The number of carbonyl (C=O) groups excluding carboxylic acids is 1. The molecule has 0 atom stereocenters. The van der Waals surface area contributed by atoms with Crippen LogP contribution in [-0.2, 0) is 6.42 Å². The molecule has 2 heterocycles. The van der Waals surface area contributed by atoms with Crippen molar-refractivity contribution in [3.63, 3.8) is 0 Å². The van der Waals surface area contributed by atoms with Crippen molar-refractivity contribution in [3.05, 3.63) is 21.9 Å². The van der Waals surface area contributed by atoms with Crippen LogP contribution >= 0.6 is 11.3 Å². The first-order chi connectivity index (χ1) is 8.24. The lowest BCUT2D eigenvalue weighted by Gasteiger charge is -2.33. The Hall–Kier alpha value is -0.870. The molecule has 1 saturated heterocycles. The van der Waals surface area contributed by atoms with E-state index in [1.165, 1.54) is 4.88 Å². The molecule has 1 fully saturated rings. The molecule has 1 aromatic rings. The van der Waals surface area contributed by atoms with Gasteiger partial charge in [-0.15, -0.1) is 11.3 Å². The topological polar surface area (TPSA) is 23.6 Å². The van der Waals surface area contributed by atoms with Crippen LogP contribution in [0.15, 0.2) is 12.1 Å². The number of nitrogens with zero attached hydrogens (tertiary/aromatic N) is 2. The number of thiophene rings is 1. The van der Waals surface area contributed by atoms with Crippen LogP contribution in [0.2, 0.25) is 0 Å². The van der Waals surface area contributed by atoms with E-state index in [0.29, 0.717) is 0 Å². The Balaban J connectivity index is 1.96. The first kappa shape index (κ1) is 12.6. The maximum atomic E-state index is 12.2. The van der Waals surface area contributed by atoms with Crippen LogP contribution in [0.4, 0.5) is 0 Å². The number of piperazine rings is 1. The zero-order valence-electron chi connectivity index (χ0n) is 10.6. The Morgan fingerprint density at radius 2 is 1.94 bits per heavy atom. The van der Waals surface area contributed by atoms with Gasteiger partial charge < -0.3 is 9.80 Å². The van der Waals surface area contributed by atoms with E-state index in [1.54, 1.807) is 11.3 Å². The SMILES string of the molecule is CCc1ccc(C(=O)N2CCN(CC)CC2)s1. The maximum absolute atomic E-state index is 12.2. The second-order valence-electron chi connectivity index (χ2n) is 4.35. The first-order valence-electron chi connectivity index (χ1n) is 6.35. The van der Waals surface area contributed by atoms with Crippen molar-refractivity contribution in [2.75, 3.05) is 32.7 Å². The molecule has 0 aromatic carbocycles. The molecule has 4 heteroatoms. The third-order valence-electron chi connectivity index (χ3n) is 3.33. The van der Waals surface area contributed by atoms with Gasteiger partial charge in [-0.3, -0.25) is 4.79 Å². The van der Waals surface area contributed by atoms with E-state index in [1.807, 2.05) is 11.0 Å². The minimum atomic E-state index is 0.213. The van der Waals surface area contributed by atoms with Gasteiger partial charge in [0.05, 0.1) is 4.88 Å². The smallest absolute Gasteiger partial charge is 0.264 e. The largest absolute Gasteiger partial charge is 0.335 e. The molecule has 1 aromatic heterocycles. The molecule has 0 bridgehead atoms. The van der Waals surface area contributed by atoms with Crippen molar-refractivity contribution >= 4 is 17.2 Å². The number of amides is 1. The van der Waals surface area contributed by atoms with E-state index < -0.39 is 0 Å². The molecule has 17 heavy (non-hydrogen) atoms. The minimum absolute atomic E-state index is 0.213. The van der Waals surface area contributed by atoms with E-state index in [-0.39, 0.29) is 5.91 Å². The fraction of sp³-hybridized carbons (Fsp3) is 0.615. The number of likely N-dealkylation sites (N-methyl/N-ethyl adjacent to an activating group) is 1. The summed E-state index contributed by atoms with van der Waals surface area (Å²) in [7, 11) is 0. The summed E-state index contributed by atoms with van der Waals surface area (Å²) in [6.45, 7) is 9.13. The van der Waals surface area contributed by atoms with E-state index in [9.17, 15) is 4.79 Å². The molecule has 94 valence electrons. The second-order valence-corrected chi connectivity index (χ2v) is 5.51. The van der Waals surface area contributed by atoms with Gasteiger partial charge in [0.25, 0.3) is 5.91 Å². The summed E-state index contributed by atoms with van der Waals surface area (Å²) >= 11 is 1.64. The zero-order chi connectivity index (χ0) is 12.3. The highest BCUT2D eigenvalue weighted by molar-refractivity contribution is 7.14. The molecule has 0 spiro atoms. The normalized spacial score (nSPS) is 17.4. The van der Waals surface area contributed by atoms with Crippen molar-refractivity contribution in [2.24, 2.45) is 0 Å². The monoisotopic (exact) mass is 252 g/mol. The Morgan fingerprint density at radius 3 is 2.47 bits per heavy atom. The van der Waals surface area contributed by atoms with Gasteiger partial charge in [0.1, 0.15) is 0 Å². The lowest BCUT2D eigenvalue weighted by Crippen LogP contribution is -2.48. The zero-order valence-corrected chi connectivity index (χ0v) is 11.4. The van der Waals surface area contributed by atoms with Gasteiger partial charge in [-0.2, -0.15) is 0 Å². The van der Waals surface area contributed by atoms with Crippen molar-refractivity contribution in [1.29, 1.82) is 0 Å². The van der Waals surface area contributed by atoms with Crippen molar-refractivity contribution in [1.82, 2.24) is 9.80 Å². The van der Waals surface area contributed by atoms with E-state index in [4.69, 9.17) is 0 Å². The Morgan fingerprint density at radius 1 is 1.24 bits per heavy atom. The molecule has 1 amide bonds. The first-order valence-corrected chi connectivity index (χ1v) is 7.16. The van der Waals surface area contributed by atoms with Gasteiger partial charge in [0.2, 0.25) is 0 Å². The summed E-state index contributed by atoms with van der Waals surface area (Å²) in [5.41, 5.74) is 0. The third-order valence-corrected chi connectivity index (χ3v) is 4.55. The van der Waals surface area contributed by atoms with Crippen LogP contribution in [0.5, 0.6) is 0 Å². The number of hydrogen-bond donors (Lipinski definition) is 0. The average molecular weight is 252 g/mol. The van der Waals surface area contributed by atoms with Gasteiger partial charge >= 0.3 is 0 Å². The van der Waals surface area contributed by atoms with Gasteiger partial charge in [0.15, 0.2) is 0 Å². The van der Waals surface area contributed by atoms with Crippen LogP contribution in [0.25, 0.3) is 0 Å². The van der Waals surface area contributed by atoms with Crippen LogP contribution in [0, 0.1) is 0 Å². The van der Waals surface area contributed by atoms with E-state index in [0.717, 1.165) is 44.0 Å². The molecule has 1 aliphatic rings. The van der Waals surface area contributed by atoms with Crippen LogP contribution in [0.1, 0.15) is 28.4 Å². The van der Waals surface area contributed by atoms with Gasteiger partial charge in [-0.25, -0.2) is 0 Å². The lowest BCUT2D eigenvalue weighted by molar-refractivity contribution is 0.0648. The standard InChI is InChI=1S/C13H20N2OS/c1-3-11-5-6-12(17-11)13(16)15-9-7-14(4-2)8-10-15/h5-6H,3-4,7-10H2,1-2H3. The summed E-state index contributed by atoms with van der Waals surface area (Å²) in [6.07, 6.45) is 1.02. The summed E-state index contributed by atoms with van der Waals surface area (Å²) in [6, 6.07) is 4.04. The highest BCUT2D eigenvalue weighted by Gasteiger charge is 2.22. The van der Waals surface area contributed by atoms with Crippen LogP contribution in [-0.4, -0.2) is 48.4 Å². The second kappa shape index (κ2) is 5.65. The Bertz CT molecular complexity index is 381.